The molecule has 1 aliphatic heterocycles. The Morgan fingerprint density at radius 2 is 0.917 bits per heavy atom. The fourth-order valence-electron chi connectivity index (χ4n) is 10.1. The number of aromatic nitrogens is 3. The van der Waals surface area contributed by atoms with Crippen LogP contribution in [0.4, 0.5) is 0 Å². The van der Waals surface area contributed by atoms with Gasteiger partial charge in [-0.15, -0.1) is 0 Å². The predicted octanol–water partition coefficient (Wildman–Crippen LogP) is 14.0. The van der Waals surface area contributed by atoms with Gasteiger partial charge in [0, 0.05) is 54.7 Å². The number of nitrogens with zero attached hydrogens (tertiary/aromatic N) is 3. The molecule has 1 aliphatic carbocycles. The summed E-state index contributed by atoms with van der Waals surface area (Å²) in [6, 6.07) is 71.1. The lowest BCUT2D eigenvalue weighted by Gasteiger charge is -2.40. The van der Waals surface area contributed by atoms with Gasteiger partial charge in [0.05, 0.1) is 39.0 Å². The molecule has 4 heterocycles. The second kappa shape index (κ2) is 12.5. The molecule has 0 atom stereocenters. The summed E-state index contributed by atoms with van der Waals surface area (Å²) in [5.41, 5.74) is 15.4. The van der Waals surface area contributed by atoms with Crippen LogP contribution in [-0.4, -0.2) is 15.0 Å². The maximum Gasteiger partial charge on any atom is 0.140 e. The molecule has 4 heteroatoms. The topological polar surface area (TPSA) is 47.9 Å². The lowest BCUT2D eigenvalue weighted by Crippen LogP contribution is -2.32. The number of rotatable bonds is 3. The zero-order valence-corrected chi connectivity index (χ0v) is 32.3. The van der Waals surface area contributed by atoms with Gasteiger partial charge in [-0.2, -0.15) is 0 Å². The first-order chi connectivity index (χ1) is 29.7. The summed E-state index contributed by atoms with van der Waals surface area (Å²) < 4.78 is 7.14. The highest BCUT2D eigenvalue weighted by molar-refractivity contribution is 6.15. The molecule has 13 rings (SSSR count). The van der Waals surface area contributed by atoms with Crippen LogP contribution in [0.5, 0.6) is 11.5 Å². The monoisotopic (exact) mass is 763 g/mol. The van der Waals surface area contributed by atoms with Gasteiger partial charge in [-0.25, -0.2) is 15.0 Å². The molecule has 0 saturated heterocycles. The van der Waals surface area contributed by atoms with Crippen molar-refractivity contribution in [3.05, 3.63) is 222 Å². The fraction of sp³-hybridized carbons (Fsp3) is 0.0179. The SMILES string of the molecule is c1ccc(-c2ccc3ccc4ccc(-c5ccc(-c6nc7ccccc7c7c8c(ccc67)C6(c7ccccc7O8)c7ccccc7-c7ccccc76)cc5)nc4c3n2)cc1. The average molecular weight is 764 g/mol. The summed E-state index contributed by atoms with van der Waals surface area (Å²) in [5, 5.41) is 5.31. The van der Waals surface area contributed by atoms with Gasteiger partial charge in [-0.1, -0.05) is 176 Å². The van der Waals surface area contributed by atoms with Gasteiger partial charge in [0.2, 0.25) is 0 Å². The van der Waals surface area contributed by atoms with E-state index in [2.05, 4.69) is 182 Å². The molecule has 4 nitrogen and oxygen atoms in total. The number of fused-ring (bicyclic) bond motifs is 16. The van der Waals surface area contributed by atoms with Crippen molar-refractivity contribution < 1.29 is 4.74 Å². The van der Waals surface area contributed by atoms with Crippen molar-refractivity contribution in [1.82, 2.24) is 15.0 Å². The second-order valence-electron chi connectivity index (χ2n) is 15.8. The largest absolute Gasteiger partial charge is 0.456 e. The van der Waals surface area contributed by atoms with E-state index in [9.17, 15) is 0 Å². The van der Waals surface area contributed by atoms with Crippen LogP contribution in [0.25, 0.3) is 88.4 Å². The summed E-state index contributed by atoms with van der Waals surface area (Å²) >= 11 is 0. The zero-order chi connectivity index (χ0) is 39.4. The minimum atomic E-state index is -0.547. The third-order valence-electron chi connectivity index (χ3n) is 12.7. The Labute approximate surface area is 346 Å². The smallest absolute Gasteiger partial charge is 0.140 e. The Bertz CT molecular complexity index is 3530. The molecule has 0 N–H and O–H groups in total. The number of benzene rings is 8. The normalized spacial score (nSPS) is 13.3. The Kier molecular flexibility index (Phi) is 6.90. The first-order valence-corrected chi connectivity index (χ1v) is 20.4. The van der Waals surface area contributed by atoms with Gasteiger partial charge < -0.3 is 4.74 Å². The number of ether oxygens (including phenoxy) is 1. The predicted molar refractivity (Wildman–Crippen MR) is 244 cm³/mol. The third kappa shape index (κ3) is 4.59. The van der Waals surface area contributed by atoms with Crippen LogP contribution >= 0.6 is 0 Å². The quantitative estimate of drug-likeness (QED) is 0.168. The van der Waals surface area contributed by atoms with E-state index in [1.807, 2.05) is 18.2 Å². The Hall–Kier alpha value is -7.95. The van der Waals surface area contributed by atoms with Crippen molar-refractivity contribution in [3.8, 4) is 56.4 Å². The van der Waals surface area contributed by atoms with Crippen LogP contribution in [0.1, 0.15) is 22.3 Å². The molecule has 11 aromatic rings. The van der Waals surface area contributed by atoms with E-state index < -0.39 is 5.41 Å². The van der Waals surface area contributed by atoms with Crippen molar-refractivity contribution in [3.63, 3.8) is 0 Å². The first-order valence-electron chi connectivity index (χ1n) is 20.4. The van der Waals surface area contributed by atoms with Crippen LogP contribution in [-0.2, 0) is 5.41 Å². The van der Waals surface area contributed by atoms with Gasteiger partial charge >= 0.3 is 0 Å². The van der Waals surface area contributed by atoms with E-state index in [-0.39, 0.29) is 0 Å². The molecule has 0 radical (unpaired) electrons. The molecule has 278 valence electrons. The molecular formula is C56H33N3O. The first kappa shape index (κ1) is 33.1. The molecule has 1 spiro atoms. The summed E-state index contributed by atoms with van der Waals surface area (Å²) in [6.07, 6.45) is 0. The Morgan fingerprint density at radius 1 is 0.367 bits per heavy atom. The van der Waals surface area contributed by atoms with Gasteiger partial charge in [0.15, 0.2) is 0 Å². The summed E-state index contributed by atoms with van der Waals surface area (Å²) in [4.78, 5) is 15.7. The van der Waals surface area contributed by atoms with E-state index in [4.69, 9.17) is 19.7 Å². The zero-order valence-electron chi connectivity index (χ0n) is 32.3. The summed E-state index contributed by atoms with van der Waals surface area (Å²) in [5.74, 6) is 1.75. The molecule has 0 fully saturated rings. The minimum absolute atomic E-state index is 0.547. The molecule has 8 aromatic carbocycles. The molecule has 2 aliphatic rings. The summed E-state index contributed by atoms with van der Waals surface area (Å²) in [7, 11) is 0. The van der Waals surface area contributed by atoms with Crippen LogP contribution in [0.2, 0.25) is 0 Å². The van der Waals surface area contributed by atoms with Gasteiger partial charge in [0.1, 0.15) is 11.5 Å². The molecule has 3 aromatic heterocycles. The number of hydrogen-bond acceptors (Lipinski definition) is 4. The van der Waals surface area contributed by atoms with Crippen molar-refractivity contribution in [1.29, 1.82) is 0 Å². The van der Waals surface area contributed by atoms with Crippen LogP contribution in [0.3, 0.4) is 0 Å². The van der Waals surface area contributed by atoms with E-state index >= 15 is 0 Å². The maximum absolute atomic E-state index is 7.14. The van der Waals surface area contributed by atoms with E-state index in [0.29, 0.717) is 0 Å². The lowest BCUT2D eigenvalue weighted by atomic mass is 9.65. The fourth-order valence-corrected chi connectivity index (χ4v) is 10.1. The number of para-hydroxylation sites is 2. The number of hydrogen-bond donors (Lipinski definition) is 0. The van der Waals surface area contributed by atoms with Gasteiger partial charge in [-0.3, -0.25) is 0 Å². The molecule has 0 unspecified atom stereocenters. The molecule has 60 heavy (non-hydrogen) atoms. The van der Waals surface area contributed by atoms with Crippen molar-refractivity contribution in [2.45, 2.75) is 5.41 Å². The van der Waals surface area contributed by atoms with E-state index in [0.717, 1.165) is 99.9 Å². The highest BCUT2D eigenvalue weighted by atomic mass is 16.5. The molecule has 0 bridgehead atoms. The number of pyridine rings is 3. The summed E-state index contributed by atoms with van der Waals surface area (Å²) in [6.45, 7) is 0. The Morgan fingerprint density at radius 3 is 1.62 bits per heavy atom. The lowest BCUT2D eigenvalue weighted by molar-refractivity contribution is 0.442. The van der Waals surface area contributed by atoms with E-state index in [1.54, 1.807) is 0 Å². The van der Waals surface area contributed by atoms with Crippen LogP contribution < -0.4 is 4.74 Å². The Balaban J connectivity index is 0.988. The van der Waals surface area contributed by atoms with Crippen LogP contribution in [0.15, 0.2) is 200 Å². The van der Waals surface area contributed by atoms with Gasteiger partial charge in [-0.05, 0) is 46.5 Å². The maximum atomic E-state index is 7.14. The van der Waals surface area contributed by atoms with Crippen LogP contribution in [0, 0.1) is 0 Å². The highest BCUT2D eigenvalue weighted by Crippen LogP contribution is 2.63. The standard InChI is InChI=1S/C56H33N3O/c1-2-12-34(13-3-1)47-32-28-37-26-27-38-29-33-48(58-54(38)53(37)57-47)35-22-24-36(25-23-35)52-42-30-31-46-55(51(42)41-16-6-10-20-49(41)59-52)60-50-21-11-9-19-45(50)56(46)43-17-7-4-14-39(43)40-15-5-8-18-44(40)56/h1-33H. The molecule has 0 saturated carbocycles. The average Bonchev–Trinajstić information content (AvgIpc) is 3.61. The third-order valence-corrected chi connectivity index (χ3v) is 12.7. The van der Waals surface area contributed by atoms with Crippen molar-refractivity contribution in [2.75, 3.05) is 0 Å². The van der Waals surface area contributed by atoms with Crippen molar-refractivity contribution in [2.24, 2.45) is 0 Å². The second-order valence-corrected chi connectivity index (χ2v) is 15.8. The minimum Gasteiger partial charge on any atom is -0.456 e. The highest BCUT2D eigenvalue weighted by Gasteiger charge is 2.51. The van der Waals surface area contributed by atoms with Crippen molar-refractivity contribution >= 4 is 43.5 Å². The molecule has 0 amide bonds. The van der Waals surface area contributed by atoms with Gasteiger partial charge in [0.25, 0.3) is 0 Å². The van der Waals surface area contributed by atoms with E-state index in [1.165, 1.54) is 22.3 Å². The molecular weight excluding hydrogens is 731 g/mol.